The number of hydrogen-bond acceptors (Lipinski definition) is 2. The van der Waals surface area contributed by atoms with Crippen LogP contribution in [0.3, 0.4) is 0 Å². The molecule has 1 rings (SSSR count). The number of alkyl halides is 1. The summed E-state index contributed by atoms with van der Waals surface area (Å²) >= 11 is 3.84. The lowest BCUT2D eigenvalue weighted by Gasteiger charge is -2.00. The van der Waals surface area contributed by atoms with Crippen LogP contribution in [-0.4, -0.2) is 16.9 Å². The highest BCUT2D eigenvalue weighted by Crippen LogP contribution is 2.04. The molecule has 0 atom stereocenters. The Bertz CT molecular complexity index is 235. The molecule has 0 radical (unpaired) electrons. The summed E-state index contributed by atoms with van der Waals surface area (Å²) in [6.45, 7) is 0.775. The average Bonchev–Trinajstić information content (AvgIpc) is 2.56. The first-order chi connectivity index (χ1) is 5.84. The van der Waals surface area contributed by atoms with Gasteiger partial charge in [0, 0.05) is 21.9 Å². The van der Waals surface area contributed by atoms with Crippen molar-refractivity contribution >= 4 is 39.8 Å². The molecule has 1 aromatic rings. The summed E-state index contributed by atoms with van der Waals surface area (Å²) in [5, 5.41) is 6.62. The highest BCUT2D eigenvalue weighted by molar-refractivity contribution is 14.1. The standard InChI is InChI=1S/C8H10INOS/c9-3-1-4-10-8(11)7-2-5-12-6-7/h2,5-6H,1,3-4H2,(H,10,11). The fraction of sp³-hybridized carbons (Fsp3) is 0.375. The molecule has 0 aliphatic heterocycles. The van der Waals surface area contributed by atoms with E-state index in [1.54, 1.807) is 11.3 Å². The molecule has 0 saturated heterocycles. The third-order valence-electron chi connectivity index (χ3n) is 1.38. The molecule has 1 amide bonds. The highest BCUT2D eigenvalue weighted by Gasteiger charge is 2.02. The van der Waals surface area contributed by atoms with Gasteiger partial charge in [0.15, 0.2) is 0 Å². The first-order valence-electron chi connectivity index (χ1n) is 3.71. The van der Waals surface area contributed by atoms with Crippen molar-refractivity contribution in [1.29, 1.82) is 0 Å². The smallest absolute Gasteiger partial charge is 0.252 e. The first kappa shape index (κ1) is 9.98. The van der Waals surface area contributed by atoms with Crippen LogP contribution in [0.15, 0.2) is 16.8 Å². The van der Waals surface area contributed by atoms with E-state index in [1.165, 1.54) is 0 Å². The van der Waals surface area contributed by atoms with Gasteiger partial charge in [0.05, 0.1) is 0 Å². The topological polar surface area (TPSA) is 29.1 Å². The number of nitrogens with one attached hydrogen (secondary N) is 1. The molecule has 0 aliphatic carbocycles. The molecular weight excluding hydrogens is 285 g/mol. The van der Waals surface area contributed by atoms with E-state index < -0.39 is 0 Å². The van der Waals surface area contributed by atoms with Gasteiger partial charge in [0.25, 0.3) is 5.91 Å². The van der Waals surface area contributed by atoms with Crippen LogP contribution < -0.4 is 5.32 Å². The summed E-state index contributed by atoms with van der Waals surface area (Å²) in [5.74, 6) is 0.0427. The number of thiophene rings is 1. The summed E-state index contributed by atoms with van der Waals surface area (Å²) in [4.78, 5) is 11.3. The second kappa shape index (κ2) is 5.53. The number of halogens is 1. The van der Waals surface area contributed by atoms with Crippen molar-refractivity contribution in [3.8, 4) is 0 Å². The minimum atomic E-state index is 0.0427. The Balaban J connectivity index is 2.30. The predicted octanol–water partition coefficient (Wildman–Crippen LogP) is 2.30. The van der Waals surface area contributed by atoms with Crippen LogP contribution in [0, 0.1) is 0 Å². The molecule has 0 unspecified atom stereocenters. The van der Waals surface area contributed by atoms with Gasteiger partial charge in [-0.05, 0) is 17.9 Å². The average molecular weight is 295 g/mol. The Labute approximate surface area is 89.5 Å². The molecule has 12 heavy (non-hydrogen) atoms. The maximum absolute atomic E-state index is 11.3. The molecule has 0 saturated carbocycles. The number of carbonyl (C=O) groups excluding carboxylic acids is 1. The van der Waals surface area contributed by atoms with Crippen LogP contribution in [0.5, 0.6) is 0 Å². The summed E-state index contributed by atoms with van der Waals surface area (Å²) in [5.41, 5.74) is 0.772. The predicted molar refractivity (Wildman–Crippen MR) is 60.2 cm³/mol. The van der Waals surface area contributed by atoms with Crippen molar-refractivity contribution < 1.29 is 4.79 Å². The normalized spacial score (nSPS) is 9.75. The number of carbonyl (C=O) groups is 1. The minimum absolute atomic E-state index is 0.0427. The SMILES string of the molecule is O=C(NCCCI)c1ccsc1. The number of amides is 1. The van der Waals surface area contributed by atoms with E-state index in [4.69, 9.17) is 0 Å². The van der Waals surface area contributed by atoms with Gasteiger partial charge in [0.2, 0.25) is 0 Å². The van der Waals surface area contributed by atoms with Crippen molar-refractivity contribution in [2.45, 2.75) is 6.42 Å². The molecule has 1 N–H and O–H groups in total. The van der Waals surface area contributed by atoms with Crippen molar-refractivity contribution in [1.82, 2.24) is 5.32 Å². The molecule has 0 spiro atoms. The third-order valence-corrected chi connectivity index (χ3v) is 2.83. The van der Waals surface area contributed by atoms with E-state index in [-0.39, 0.29) is 5.91 Å². The van der Waals surface area contributed by atoms with Crippen LogP contribution in [0.1, 0.15) is 16.8 Å². The van der Waals surface area contributed by atoms with Gasteiger partial charge in [-0.1, -0.05) is 22.6 Å². The van der Waals surface area contributed by atoms with Gasteiger partial charge >= 0.3 is 0 Å². The summed E-state index contributed by atoms with van der Waals surface area (Å²) in [6, 6.07) is 1.84. The molecule has 0 bridgehead atoms. The fourth-order valence-electron chi connectivity index (χ4n) is 0.764. The van der Waals surface area contributed by atoms with Gasteiger partial charge in [-0.3, -0.25) is 4.79 Å². The molecular formula is C8H10INOS. The molecule has 1 aromatic heterocycles. The summed E-state index contributed by atoms with van der Waals surface area (Å²) in [7, 11) is 0. The number of rotatable bonds is 4. The van der Waals surface area contributed by atoms with Gasteiger partial charge in [0.1, 0.15) is 0 Å². The number of hydrogen-bond donors (Lipinski definition) is 1. The van der Waals surface area contributed by atoms with E-state index in [0.29, 0.717) is 0 Å². The lowest BCUT2D eigenvalue weighted by Crippen LogP contribution is -2.23. The summed E-state index contributed by atoms with van der Waals surface area (Å²) in [6.07, 6.45) is 1.04. The molecule has 2 nitrogen and oxygen atoms in total. The van der Waals surface area contributed by atoms with E-state index >= 15 is 0 Å². The Morgan fingerprint density at radius 3 is 3.08 bits per heavy atom. The van der Waals surface area contributed by atoms with Crippen LogP contribution in [0.25, 0.3) is 0 Å². The molecule has 66 valence electrons. The largest absolute Gasteiger partial charge is 0.352 e. The fourth-order valence-corrected chi connectivity index (χ4v) is 1.78. The lowest BCUT2D eigenvalue weighted by molar-refractivity contribution is 0.0954. The van der Waals surface area contributed by atoms with E-state index in [9.17, 15) is 4.79 Å². The quantitative estimate of drug-likeness (QED) is 0.515. The van der Waals surface area contributed by atoms with E-state index in [2.05, 4.69) is 27.9 Å². The van der Waals surface area contributed by atoms with Crippen LogP contribution in [-0.2, 0) is 0 Å². The Kier molecular flexibility index (Phi) is 4.60. The zero-order valence-electron chi connectivity index (χ0n) is 6.55. The second-order valence-electron chi connectivity index (χ2n) is 2.31. The zero-order valence-corrected chi connectivity index (χ0v) is 9.52. The van der Waals surface area contributed by atoms with Gasteiger partial charge in [-0.25, -0.2) is 0 Å². The molecule has 0 aliphatic rings. The third kappa shape index (κ3) is 3.10. The second-order valence-corrected chi connectivity index (χ2v) is 4.17. The maximum Gasteiger partial charge on any atom is 0.252 e. The van der Waals surface area contributed by atoms with E-state index in [1.807, 2.05) is 16.8 Å². The van der Waals surface area contributed by atoms with Gasteiger partial charge in [-0.15, -0.1) is 0 Å². The Morgan fingerprint density at radius 1 is 1.67 bits per heavy atom. The monoisotopic (exact) mass is 295 g/mol. The van der Waals surface area contributed by atoms with Crippen molar-refractivity contribution in [2.24, 2.45) is 0 Å². The molecule has 4 heteroatoms. The van der Waals surface area contributed by atoms with Crippen molar-refractivity contribution in [3.05, 3.63) is 22.4 Å². The molecule has 0 fully saturated rings. The zero-order chi connectivity index (χ0) is 8.81. The molecule has 1 heterocycles. The van der Waals surface area contributed by atoms with Gasteiger partial charge < -0.3 is 5.32 Å². The first-order valence-corrected chi connectivity index (χ1v) is 6.18. The van der Waals surface area contributed by atoms with Gasteiger partial charge in [-0.2, -0.15) is 11.3 Å². The van der Waals surface area contributed by atoms with Crippen LogP contribution >= 0.6 is 33.9 Å². The van der Waals surface area contributed by atoms with Crippen LogP contribution in [0.2, 0.25) is 0 Å². The molecule has 0 aromatic carbocycles. The maximum atomic E-state index is 11.3. The van der Waals surface area contributed by atoms with E-state index in [0.717, 1.165) is 23.0 Å². The van der Waals surface area contributed by atoms with Crippen molar-refractivity contribution in [3.63, 3.8) is 0 Å². The van der Waals surface area contributed by atoms with Crippen molar-refractivity contribution in [2.75, 3.05) is 11.0 Å². The van der Waals surface area contributed by atoms with Crippen LogP contribution in [0.4, 0.5) is 0 Å². The highest BCUT2D eigenvalue weighted by atomic mass is 127. The lowest BCUT2D eigenvalue weighted by atomic mass is 10.3. The Hall–Kier alpha value is -0.100. The summed E-state index contributed by atoms with van der Waals surface area (Å²) < 4.78 is 1.08. The Morgan fingerprint density at radius 2 is 2.50 bits per heavy atom. The minimum Gasteiger partial charge on any atom is -0.352 e.